The molecule has 0 spiro atoms. The van der Waals surface area contributed by atoms with Gasteiger partial charge >= 0.3 is 6.18 Å². The quantitative estimate of drug-likeness (QED) is 0.432. The summed E-state index contributed by atoms with van der Waals surface area (Å²) in [5.41, 5.74) is -1.62. The Bertz CT molecular complexity index is 432. The molecule has 0 saturated heterocycles. The second-order valence-electron chi connectivity index (χ2n) is 3.06. The minimum atomic E-state index is -4.80. The number of ketones is 1. The van der Waals surface area contributed by atoms with Gasteiger partial charge in [0, 0.05) is 5.56 Å². The fourth-order valence-electron chi connectivity index (χ4n) is 1.14. The Hall–Kier alpha value is -1.65. The van der Waals surface area contributed by atoms with Crippen LogP contribution in [-0.4, -0.2) is 5.78 Å². The summed E-state index contributed by atoms with van der Waals surface area (Å²) in [6, 6.07) is 2.17. The largest absolute Gasteiger partial charge is 0.419 e. The van der Waals surface area contributed by atoms with Gasteiger partial charge in [0.2, 0.25) is 0 Å². The second-order valence-corrected chi connectivity index (χ2v) is 3.06. The molecule has 0 radical (unpaired) electrons. The zero-order valence-electron chi connectivity index (χ0n) is 8.31. The third-order valence-corrected chi connectivity index (χ3v) is 1.87. The maximum absolute atomic E-state index is 12.9. The predicted octanol–water partition coefficient (Wildman–Crippen LogP) is 3.60. The number of benzene rings is 1. The first-order chi connectivity index (χ1) is 7.36. The van der Waals surface area contributed by atoms with Gasteiger partial charge in [0.15, 0.2) is 5.78 Å². The highest BCUT2D eigenvalue weighted by Gasteiger charge is 2.34. The zero-order valence-corrected chi connectivity index (χ0v) is 8.31. The van der Waals surface area contributed by atoms with Crippen LogP contribution < -0.4 is 0 Å². The lowest BCUT2D eigenvalue weighted by atomic mass is 10.1. The molecule has 0 aliphatic carbocycles. The van der Waals surface area contributed by atoms with Crippen LogP contribution in [0, 0.1) is 5.82 Å². The summed E-state index contributed by atoms with van der Waals surface area (Å²) in [5, 5.41) is 0. The molecule has 0 bridgehead atoms. The van der Waals surface area contributed by atoms with Crippen LogP contribution in [0.2, 0.25) is 0 Å². The van der Waals surface area contributed by atoms with Gasteiger partial charge in [-0.1, -0.05) is 6.08 Å². The molecule has 0 atom stereocenters. The summed E-state index contributed by atoms with van der Waals surface area (Å²) >= 11 is 0. The van der Waals surface area contributed by atoms with Crippen molar-refractivity contribution in [3.63, 3.8) is 0 Å². The molecule has 0 aliphatic rings. The van der Waals surface area contributed by atoms with Crippen LogP contribution >= 0.6 is 0 Å². The molecule has 0 saturated carbocycles. The Kier molecular flexibility index (Phi) is 3.47. The molecule has 0 amide bonds. The summed E-state index contributed by atoms with van der Waals surface area (Å²) in [6.45, 7) is 1.56. The van der Waals surface area contributed by atoms with Crippen molar-refractivity contribution < 1.29 is 22.4 Å². The second kappa shape index (κ2) is 4.47. The van der Waals surface area contributed by atoms with E-state index in [4.69, 9.17) is 0 Å². The van der Waals surface area contributed by atoms with Gasteiger partial charge in [0.05, 0.1) is 5.56 Å². The molecular formula is C11H8F4O. The van der Waals surface area contributed by atoms with Crippen LogP contribution in [0.4, 0.5) is 17.6 Å². The molecule has 1 nitrogen and oxygen atoms in total. The number of allylic oxidation sites excluding steroid dienone is 2. The zero-order chi connectivity index (χ0) is 12.3. The number of halogens is 4. The van der Waals surface area contributed by atoms with Gasteiger partial charge in [-0.3, -0.25) is 4.79 Å². The molecule has 0 aliphatic heterocycles. The Balaban J connectivity index is 3.23. The van der Waals surface area contributed by atoms with Gasteiger partial charge in [0.25, 0.3) is 0 Å². The molecular weight excluding hydrogens is 224 g/mol. The molecule has 0 unspecified atom stereocenters. The van der Waals surface area contributed by atoms with Crippen molar-refractivity contribution in [2.24, 2.45) is 0 Å². The molecule has 0 heterocycles. The minimum absolute atomic E-state index is 0.188. The van der Waals surface area contributed by atoms with Gasteiger partial charge < -0.3 is 0 Å². The lowest BCUT2D eigenvalue weighted by Gasteiger charge is -2.08. The predicted molar refractivity (Wildman–Crippen MR) is 50.5 cm³/mol. The number of carbonyl (C=O) groups is 1. The van der Waals surface area contributed by atoms with Crippen LogP contribution in [0.1, 0.15) is 22.8 Å². The van der Waals surface area contributed by atoms with Crippen LogP contribution in [0.5, 0.6) is 0 Å². The van der Waals surface area contributed by atoms with Crippen molar-refractivity contribution >= 4 is 5.78 Å². The highest BCUT2D eigenvalue weighted by molar-refractivity contribution is 6.04. The van der Waals surface area contributed by atoms with Crippen molar-refractivity contribution in [3.8, 4) is 0 Å². The smallest absolute Gasteiger partial charge is 0.289 e. The molecule has 1 aromatic rings. The average molecular weight is 232 g/mol. The summed E-state index contributed by atoms with van der Waals surface area (Å²) < 4.78 is 49.8. The van der Waals surface area contributed by atoms with Crippen molar-refractivity contribution in [1.29, 1.82) is 0 Å². The van der Waals surface area contributed by atoms with E-state index in [1.807, 2.05) is 0 Å². The molecule has 1 aromatic carbocycles. The Labute approximate surface area is 89.4 Å². The van der Waals surface area contributed by atoms with E-state index in [0.717, 1.165) is 12.1 Å². The number of hydrogen-bond acceptors (Lipinski definition) is 1. The number of carbonyl (C=O) groups excluding carboxylic acids is 1. The first-order valence-electron chi connectivity index (χ1n) is 4.40. The summed E-state index contributed by atoms with van der Waals surface area (Å²) in [5.74, 6) is -1.97. The highest BCUT2D eigenvalue weighted by Crippen LogP contribution is 2.31. The monoisotopic (exact) mass is 232 g/mol. The number of hydrogen-bond donors (Lipinski definition) is 0. The summed E-state index contributed by atoms with van der Waals surface area (Å²) in [6.07, 6.45) is -2.28. The first-order valence-corrected chi connectivity index (χ1v) is 4.40. The van der Waals surface area contributed by atoms with E-state index in [0.29, 0.717) is 12.1 Å². The van der Waals surface area contributed by atoms with E-state index in [1.54, 1.807) is 6.92 Å². The average Bonchev–Trinajstić information content (AvgIpc) is 2.16. The number of alkyl halides is 3. The lowest BCUT2D eigenvalue weighted by molar-refractivity contribution is -0.140. The van der Waals surface area contributed by atoms with E-state index in [-0.39, 0.29) is 5.56 Å². The molecule has 0 N–H and O–H groups in total. The van der Waals surface area contributed by atoms with Crippen molar-refractivity contribution in [3.05, 3.63) is 47.3 Å². The Morgan fingerprint density at radius 1 is 1.31 bits per heavy atom. The molecule has 16 heavy (non-hydrogen) atoms. The van der Waals surface area contributed by atoms with Crippen molar-refractivity contribution in [2.45, 2.75) is 13.1 Å². The molecule has 5 heteroatoms. The third-order valence-electron chi connectivity index (χ3n) is 1.87. The Morgan fingerprint density at radius 3 is 2.44 bits per heavy atom. The molecule has 86 valence electrons. The fourth-order valence-corrected chi connectivity index (χ4v) is 1.14. The van der Waals surface area contributed by atoms with Gasteiger partial charge in [-0.25, -0.2) is 4.39 Å². The van der Waals surface area contributed by atoms with Crippen LogP contribution in [0.15, 0.2) is 30.4 Å². The van der Waals surface area contributed by atoms with E-state index in [2.05, 4.69) is 0 Å². The lowest BCUT2D eigenvalue weighted by Crippen LogP contribution is -2.09. The minimum Gasteiger partial charge on any atom is -0.289 e. The van der Waals surface area contributed by atoms with Crippen LogP contribution in [0.25, 0.3) is 0 Å². The topological polar surface area (TPSA) is 17.1 Å². The maximum Gasteiger partial charge on any atom is 0.419 e. The normalized spacial score (nSPS) is 12.1. The Morgan fingerprint density at radius 2 is 1.94 bits per heavy atom. The van der Waals surface area contributed by atoms with Gasteiger partial charge in [-0.2, -0.15) is 13.2 Å². The third kappa shape index (κ3) is 2.68. The first kappa shape index (κ1) is 12.4. The molecule has 0 fully saturated rings. The van der Waals surface area contributed by atoms with Crippen molar-refractivity contribution in [2.75, 3.05) is 0 Å². The van der Waals surface area contributed by atoms with Crippen LogP contribution in [0.3, 0.4) is 0 Å². The maximum atomic E-state index is 12.9. The summed E-state index contributed by atoms with van der Waals surface area (Å²) in [7, 11) is 0. The SMILES string of the molecule is C/C=C/C(=O)c1ccc(F)c(C(F)(F)F)c1. The fraction of sp³-hybridized carbons (Fsp3) is 0.182. The van der Waals surface area contributed by atoms with E-state index in [1.165, 1.54) is 6.08 Å². The van der Waals surface area contributed by atoms with E-state index < -0.39 is 23.3 Å². The summed E-state index contributed by atoms with van der Waals surface area (Å²) in [4.78, 5) is 11.3. The molecule has 0 aromatic heterocycles. The van der Waals surface area contributed by atoms with E-state index >= 15 is 0 Å². The molecule has 1 rings (SSSR count). The van der Waals surface area contributed by atoms with E-state index in [9.17, 15) is 22.4 Å². The standard InChI is InChI=1S/C11H8F4O/c1-2-3-10(16)7-4-5-9(12)8(6-7)11(13,14)15/h2-6H,1H3/b3-2+. The van der Waals surface area contributed by atoms with Crippen LogP contribution in [-0.2, 0) is 6.18 Å². The van der Waals surface area contributed by atoms with Gasteiger partial charge in [-0.05, 0) is 31.2 Å². The van der Waals surface area contributed by atoms with Crippen molar-refractivity contribution in [1.82, 2.24) is 0 Å². The number of rotatable bonds is 2. The highest BCUT2D eigenvalue weighted by atomic mass is 19.4. The van der Waals surface area contributed by atoms with Gasteiger partial charge in [0.1, 0.15) is 5.82 Å². The van der Waals surface area contributed by atoms with Gasteiger partial charge in [-0.15, -0.1) is 0 Å².